The fraction of sp³-hybridized carbons (Fsp3) is 0.667. The second-order valence-electron chi connectivity index (χ2n) is 12.3. The molecule has 248 valence electrons. The zero-order chi connectivity index (χ0) is 32.6. The maximum Gasteiger partial charge on any atom is 0.207 e. The minimum atomic E-state index is -4.12. The van der Waals surface area contributed by atoms with Crippen LogP contribution in [0.4, 0.5) is 11.4 Å². The van der Waals surface area contributed by atoms with Crippen molar-refractivity contribution in [2.45, 2.75) is 165 Å². The smallest absolute Gasteiger partial charge is 0.207 e. The van der Waals surface area contributed by atoms with Crippen molar-refractivity contribution in [3.63, 3.8) is 0 Å². The molecule has 0 bridgehead atoms. The van der Waals surface area contributed by atoms with Crippen molar-refractivity contribution in [1.82, 2.24) is 0 Å². The van der Waals surface area contributed by atoms with Gasteiger partial charge in [0.1, 0.15) is 0 Å². The Hall–Kier alpha value is -2.99. The lowest BCUT2D eigenvalue weighted by molar-refractivity contribution is 0.556. The van der Waals surface area contributed by atoms with Crippen LogP contribution in [-0.4, -0.2) is 8.42 Å². The van der Waals surface area contributed by atoms with Crippen molar-refractivity contribution >= 4 is 21.2 Å². The Balaban J connectivity index is 2.08. The molecule has 0 radical (unpaired) electrons. The highest BCUT2D eigenvalue weighted by Gasteiger charge is 2.26. The topological polar surface area (TPSA) is 132 Å². The van der Waals surface area contributed by atoms with Crippen LogP contribution in [0, 0.1) is 0 Å². The molecule has 2 rings (SSSR count). The van der Waals surface area contributed by atoms with Crippen LogP contribution in [0.25, 0.3) is 20.9 Å². The van der Waals surface area contributed by atoms with Crippen LogP contribution in [0.15, 0.2) is 56.4 Å². The van der Waals surface area contributed by atoms with E-state index in [2.05, 4.69) is 33.9 Å². The zero-order valence-corrected chi connectivity index (χ0v) is 28.7. The largest absolute Gasteiger partial charge is 0.218 e. The molecule has 0 aromatic heterocycles. The van der Waals surface area contributed by atoms with Crippen molar-refractivity contribution in [3.8, 4) is 0 Å². The van der Waals surface area contributed by atoms with Crippen LogP contribution in [0.3, 0.4) is 0 Å². The van der Waals surface area contributed by atoms with E-state index in [-0.39, 0.29) is 21.2 Å². The van der Waals surface area contributed by atoms with Crippen LogP contribution in [-0.2, 0) is 22.7 Å². The Labute approximate surface area is 272 Å². The fourth-order valence-corrected chi connectivity index (χ4v) is 7.62. The number of aryl methyl sites for hydroxylation is 2. The normalized spacial score (nSPS) is 11.2. The summed E-state index contributed by atoms with van der Waals surface area (Å²) >= 11 is 0. The van der Waals surface area contributed by atoms with Crippen molar-refractivity contribution < 1.29 is 8.42 Å². The van der Waals surface area contributed by atoms with Gasteiger partial charge in [0.15, 0.2) is 0 Å². The molecule has 2 aromatic carbocycles. The van der Waals surface area contributed by atoms with Gasteiger partial charge in [0, 0.05) is 9.82 Å². The second-order valence-corrected chi connectivity index (χ2v) is 14.2. The number of sulfone groups is 1. The summed E-state index contributed by atoms with van der Waals surface area (Å²) in [7, 11) is -4.12. The molecule has 0 aliphatic carbocycles. The third-order valence-electron chi connectivity index (χ3n) is 8.63. The summed E-state index contributed by atoms with van der Waals surface area (Å²) in [5.41, 5.74) is 20.4. The number of benzene rings is 2. The molecule has 0 spiro atoms. The minimum absolute atomic E-state index is 0.0460. The van der Waals surface area contributed by atoms with Crippen molar-refractivity contribution in [1.29, 1.82) is 0 Å². The average molecular weight is 637 g/mol. The Morgan fingerprint density at radius 2 is 0.822 bits per heavy atom. The minimum Gasteiger partial charge on any atom is -0.218 e. The van der Waals surface area contributed by atoms with E-state index in [0.29, 0.717) is 12.8 Å². The molecule has 0 amide bonds. The first-order chi connectivity index (χ1) is 22.0. The van der Waals surface area contributed by atoms with Gasteiger partial charge < -0.3 is 0 Å². The summed E-state index contributed by atoms with van der Waals surface area (Å²) in [5.74, 6) is 0. The molecule has 0 saturated carbocycles. The number of hydrogen-bond acceptors (Lipinski definition) is 4. The molecular formula is C36H56N6O2S. The highest BCUT2D eigenvalue weighted by molar-refractivity contribution is 7.91. The molecule has 0 unspecified atom stereocenters. The molecular weight excluding hydrogens is 581 g/mol. The van der Waals surface area contributed by atoms with E-state index in [1.54, 1.807) is 12.1 Å². The molecule has 2 aromatic rings. The predicted molar refractivity (Wildman–Crippen MR) is 187 cm³/mol. The first kappa shape index (κ1) is 38.2. The molecule has 8 nitrogen and oxygen atoms in total. The number of unbranched alkanes of at least 4 members (excludes halogenated alkanes) is 18. The Morgan fingerprint density at radius 1 is 0.511 bits per heavy atom. The predicted octanol–water partition coefficient (Wildman–Crippen LogP) is 13.3. The summed E-state index contributed by atoms with van der Waals surface area (Å²) in [6.45, 7) is 4.47. The van der Waals surface area contributed by atoms with Gasteiger partial charge in [0.25, 0.3) is 0 Å². The van der Waals surface area contributed by atoms with Crippen LogP contribution < -0.4 is 0 Å². The molecule has 0 heterocycles. The number of nitrogens with zero attached hydrogens (tertiary/aromatic N) is 6. The Kier molecular flexibility index (Phi) is 19.8. The molecule has 45 heavy (non-hydrogen) atoms. The second kappa shape index (κ2) is 23.4. The molecule has 0 aliphatic rings. The first-order valence-corrected chi connectivity index (χ1v) is 19.1. The van der Waals surface area contributed by atoms with E-state index in [4.69, 9.17) is 0 Å². The lowest BCUT2D eigenvalue weighted by atomic mass is 10.0. The molecule has 0 aliphatic heterocycles. The van der Waals surface area contributed by atoms with Gasteiger partial charge in [0.2, 0.25) is 9.84 Å². The summed E-state index contributed by atoms with van der Waals surface area (Å²) in [6.07, 6.45) is 25.4. The first-order valence-electron chi connectivity index (χ1n) is 17.6. The molecule has 0 atom stereocenters. The summed E-state index contributed by atoms with van der Waals surface area (Å²) < 4.78 is 28.1. The molecule has 0 saturated heterocycles. The highest BCUT2D eigenvalue weighted by atomic mass is 32.2. The third-order valence-corrected chi connectivity index (χ3v) is 10.4. The standard InChI is InChI=1S/C36H56N6O2S/c1-3-5-7-9-11-13-15-17-19-21-25-31-27-23-29-33(35(31)39-41-37)45(43,44)34-30-24-28-32(36(34)40-42-38)26-22-20-18-16-14-12-10-8-6-4-2/h23-24,27-30H,3-22,25-26H2,1-2H3. The highest BCUT2D eigenvalue weighted by Crippen LogP contribution is 2.39. The van der Waals surface area contributed by atoms with Crippen molar-refractivity contribution in [2.24, 2.45) is 10.2 Å². The van der Waals surface area contributed by atoms with Crippen molar-refractivity contribution in [3.05, 3.63) is 68.4 Å². The van der Waals surface area contributed by atoms with Crippen LogP contribution in [0.1, 0.15) is 153 Å². The van der Waals surface area contributed by atoms with Crippen LogP contribution in [0.5, 0.6) is 0 Å². The Morgan fingerprint density at radius 3 is 1.13 bits per heavy atom. The summed E-state index contributed by atoms with van der Waals surface area (Å²) in [6, 6.07) is 10.1. The van der Waals surface area contributed by atoms with E-state index < -0.39 is 9.84 Å². The number of azide groups is 2. The van der Waals surface area contributed by atoms with E-state index in [1.165, 1.54) is 102 Å². The van der Waals surface area contributed by atoms with E-state index in [0.717, 1.165) is 49.7 Å². The maximum absolute atomic E-state index is 14.0. The van der Waals surface area contributed by atoms with Gasteiger partial charge in [-0.3, -0.25) is 0 Å². The average Bonchev–Trinajstić information content (AvgIpc) is 3.04. The van der Waals surface area contributed by atoms with E-state index in [9.17, 15) is 19.5 Å². The lowest BCUT2D eigenvalue weighted by Crippen LogP contribution is -2.05. The lowest BCUT2D eigenvalue weighted by Gasteiger charge is -2.15. The monoisotopic (exact) mass is 636 g/mol. The van der Waals surface area contributed by atoms with Gasteiger partial charge in [0.05, 0.1) is 21.2 Å². The van der Waals surface area contributed by atoms with Crippen LogP contribution in [0.2, 0.25) is 0 Å². The van der Waals surface area contributed by atoms with E-state index in [1.807, 2.05) is 12.1 Å². The number of hydrogen-bond donors (Lipinski definition) is 0. The van der Waals surface area contributed by atoms with Gasteiger partial charge >= 0.3 is 0 Å². The fourth-order valence-electron chi connectivity index (χ4n) is 6.01. The van der Waals surface area contributed by atoms with Gasteiger partial charge in [-0.2, -0.15) is 0 Å². The SMILES string of the molecule is CCCCCCCCCCCCc1cccc(S(=O)(=O)c2cccc(CCCCCCCCCCCC)c2N=[N+]=[N-])c1N=[N+]=[N-]. The summed E-state index contributed by atoms with van der Waals surface area (Å²) in [4.78, 5) is 5.86. The van der Waals surface area contributed by atoms with Gasteiger partial charge in [-0.15, -0.1) is 0 Å². The van der Waals surface area contributed by atoms with Crippen molar-refractivity contribution in [2.75, 3.05) is 0 Å². The molecule has 0 fully saturated rings. The van der Waals surface area contributed by atoms with Gasteiger partial charge in [-0.05, 0) is 60.0 Å². The van der Waals surface area contributed by atoms with E-state index >= 15 is 0 Å². The molecule has 0 N–H and O–H groups in total. The van der Waals surface area contributed by atoms with Crippen LogP contribution >= 0.6 is 0 Å². The number of rotatable bonds is 26. The zero-order valence-electron chi connectivity index (χ0n) is 27.9. The van der Waals surface area contributed by atoms with Gasteiger partial charge in [-0.1, -0.05) is 164 Å². The quantitative estimate of drug-likeness (QED) is 0.0440. The van der Waals surface area contributed by atoms with Gasteiger partial charge in [-0.25, -0.2) is 8.42 Å². The maximum atomic E-state index is 14.0. The molecule has 9 heteroatoms. The third kappa shape index (κ3) is 13.9. The summed E-state index contributed by atoms with van der Waals surface area (Å²) in [5, 5.41) is 7.73. The Bertz CT molecular complexity index is 1240.